The fourth-order valence-corrected chi connectivity index (χ4v) is 1.74. The number of amides is 1. The minimum Gasteiger partial charge on any atom is -0.444 e. The quantitative estimate of drug-likeness (QED) is 0.459. The molecule has 0 aliphatic rings. The molecule has 108 valence electrons. The largest absolute Gasteiger partial charge is 0.444 e. The molecule has 5 heteroatoms. The number of hydrogen-bond acceptors (Lipinski definition) is 4. The third kappa shape index (κ3) is 11.7. The van der Waals surface area contributed by atoms with Gasteiger partial charge in [0.25, 0.3) is 0 Å². The zero-order valence-corrected chi connectivity index (χ0v) is 13.2. The number of nitrogens with one attached hydrogen (secondary N) is 1. The first kappa shape index (κ1) is 17.8. The van der Waals surface area contributed by atoms with Gasteiger partial charge < -0.3 is 10.1 Å². The van der Waals surface area contributed by atoms with Crippen molar-refractivity contribution >= 4 is 17.9 Å². The van der Waals surface area contributed by atoms with Crippen molar-refractivity contribution in [2.24, 2.45) is 5.92 Å². The van der Waals surface area contributed by atoms with Crippen LogP contribution in [0.4, 0.5) is 4.79 Å². The molecular formula is C14H24N2O2S. The Morgan fingerprint density at radius 1 is 1.47 bits per heavy atom. The summed E-state index contributed by atoms with van der Waals surface area (Å²) in [5.41, 5.74) is -0.493. The maximum atomic E-state index is 11.7. The number of nitrogens with zero attached hydrogens (tertiary/aromatic N) is 1. The highest BCUT2D eigenvalue weighted by Crippen LogP contribution is 2.10. The molecular weight excluding hydrogens is 260 g/mol. The van der Waals surface area contributed by atoms with Crippen molar-refractivity contribution in [1.29, 1.82) is 5.26 Å². The van der Waals surface area contributed by atoms with Crippen molar-refractivity contribution in [1.82, 2.24) is 5.32 Å². The SMILES string of the molecule is CC(C)C[C@@H](/C=C/CSC#N)NC(=O)OC(C)(C)C. The Bertz CT molecular complexity index is 340. The van der Waals surface area contributed by atoms with Gasteiger partial charge in [-0.3, -0.25) is 0 Å². The maximum absolute atomic E-state index is 11.7. The van der Waals surface area contributed by atoms with Crippen LogP contribution in [-0.4, -0.2) is 23.5 Å². The summed E-state index contributed by atoms with van der Waals surface area (Å²) in [4.78, 5) is 11.7. The number of thiocyanates is 1. The zero-order valence-electron chi connectivity index (χ0n) is 12.4. The van der Waals surface area contributed by atoms with Crippen molar-refractivity contribution in [3.8, 4) is 5.40 Å². The van der Waals surface area contributed by atoms with Crippen LogP contribution in [0.3, 0.4) is 0 Å². The second-order valence-corrected chi connectivity index (χ2v) is 6.52. The van der Waals surface area contributed by atoms with Crippen LogP contribution in [0.1, 0.15) is 41.0 Å². The lowest BCUT2D eigenvalue weighted by atomic mass is 10.0. The summed E-state index contributed by atoms with van der Waals surface area (Å²) in [6.45, 7) is 9.71. The van der Waals surface area contributed by atoms with Crippen LogP contribution in [-0.2, 0) is 4.74 Å². The molecule has 0 aromatic heterocycles. The Labute approximate surface area is 120 Å². The summed E-state index contributed by atoms with van der Waals surface area (Å²) in [5.74, 6) is 1.09. The molecule has 19 heavy (non-hydrogen) atoms. The van der Waals surface area contributed by atoms with Crippen LogP contribution >= 0.6 is 11.8 Å². The van der Waals surface area contributed by atoms with Crippen molar-refractivity contribution < 1.29 is 9.53 Å². The molecule has 0 bridgehead atoms. The second kappa shape index (κ2) is 8.87. The molecule has 0 spiro atoms. The number of carbonyl (C=O) groups excluding carboxylic acids is 1. The van der Waals surface area contributed by atoms with Gasteiger partial charge in [-0.2, -0.15) is 5.26 Å². The first-order valence-corrected chi connectivity index (χ1v) is 7.40. The molecule has 0 aromatic carbocycles. The summed E-state index contributed by atoms with van der Waals surface area (Å²) in [6, 6.07) is -0.0610. The first-order chi connectivity index (χ1) is 8.74. The monoisotopic (exact) mass is 284 g/mol. The lowest BCUT2D eigenvalue weighted by Crippen LogP contribution is -2.38. The average Bonchev–Trinajstić information content (AvgIpc) is 2.20. The summed E-state index contributed by atoms with van der Waals surface area (Å²) in [7, 11) is 0. The Morgan fingerprint density at radius 2 is 2.11 bits per heavy atom. The topological polar surface area (TPSA) is 62.1 Å². The maximum Gasteiger partial charge on any atom is 0.408 e. The van der Waals surface area contributed by atoms with Crippen LogP contribution in [0.2, 0.25) is 0 Å². The number of hydrogen-bond donors (Lipinski definition) is 1. The first-order valence-electron chi connectivity index (χ1n) is 6.41. The fourth-order valence-electron chi connectivity index (χ4n) is 1.46. The molecule has 0 radical (unpaired) electrons. The predicted molar refractivity (Wildman–Crippen MR) is 79.8 cm³/mol. The van der Waals surface area contributed by atoms with E-state index in [1.807, 2.05) is 38.3 Å². The van der Waals surface area contributed by atoms with E-state index in [1.54, 1.807) is 0 Å². The number of nitriles is 1. The smallest absolute Gasteiger partial charge is 0.408 e. The van der Waals surface area contributed by atoms with Gasteiger partial charge in [0, 0.05) is 5.75 Å². The second-order valence-electron chi connectivity index (χ2n) is 5.71. The van der Waals surface area contributed by atoms with E-state index >= 15 is 0 Å². The van der Waals surface area contributed by atoms with Crippen LogP contribution in [0.5, 0.6) is 0 Å². The van der Waals surface area contributed by atoms with Gasteiger partial charge in [0.05, 0.1) is 6.04 Å². The third-order valence-corrected chi connectivity index (χ3v) is 2.53. The Morgan fingerprint density at radius 3 is 2.58 bits per heavy atom. The highest BCUT2D eigenvalue weighted by molar-refractivity contribution is 8.03. The molecule has 0 aromatic rings. The molecule has 0 aliphatic carbocycles. The number of ether oxygens (including phenoxy) is 1. The lowest BCUT2D eigenvalue weighted by molar-refractivity contribution is 0.0510. The molecule has 0 rings (SSSR count). The van der Waals surface area contributed by atoms with E-state index in [0.29, 0.717) is 11.7 Å². The van der Waals surface area contributed by atoms with Gasteiger partial charge in [-0.1, -0.05) is 26.0 Å². The molecule has 1 atom stereocenters. The summed E-state index contributed by atoms with van der Waals surface area (Å²) >= 11 is 1.17. The van der Waals surface area contributed by atoms with Gasteiger partial charge >= 0.3 is 6.09 Å². The number of alkyl carbamates (subject to hydrolysis) is 1. The normalized spacial score (nSPS) is 13.3. The number of rotatable bonds is 6. The molecule has 0 aliphatic heterocycles. The van der Waals surface area contributed by atoms with E-state index in [9.17, 15) is 4.79 Å². The summed E-state index contributed by atoms with van der Waals surface area (Å²) < 4.78 is 5.24. The van der Waals surface area contributed by atoms with Crippen LogP contribution in [0.25, 0.3) is 0 Å². The average molecular weight is 284 g/mol. The van der Waals surface area contributed by atoms with Gasteiger partial charge in [0.15, 0.2) is 0 Å². The molecule has 0 heterocycles. The highest BCUT2D eigenvalue weighted by atomic mass is 32.2. The molecule has 0 unspecified atom stereocenters. The number of thioether (sulfide) groups is 1. The summed E-state index contributed by atoms with van der Waals surface area (Å²) in [6.07, 6.45) is 4.26. The summed E-state index contributed by atoms with van der Waals surface area (Å²) in [5, 5.41) is 13.3. The predicted octanol–water partition coefficient (Wildman–Crippen LogP) is 3.70. The fraction of sp³-hybridized carbons (Fsp3) is 0.714. The Kier molecular flexibility index (Phi) is 8.33. The minimum atomic E-state index is -0.493. The van der Waals surface area contributed by atoms with Crippen molar-refractivity contribution in [2.45, 2.75) is 52.7 Å². The van der Waals surface area contributed by atoms with E-state index in [4.69, 9.17) is 10.00 Å². The molecule has 0 fully saturated rings. The van der Waals surface area contributed by atoms with Gasteiger partial charge in [0.1, 0.15) is 11.0 Å². The Balaban J connectivity index is 4.38. The molecule has 0 saturated carbocycles. The van der Waals surface area contributed by atoms with E-state index in [2.05, 4.69) is 19.2 Å². The van der Waals surface area contributed by atoms with E-state index in [-0.39, 0.29) is 6.04 Å². The van der Waals surface area contributed by atoms with E-state index in [0.717, 1.165) is 6.42 Å². The standard InChI is InChI=1S/C14H24N2O2S/c1-11(2)9-12(7-6-8-19-10-15)16-13(17)18-14(3,4)5/h6-7,11-12H,8-9H2,1-5H3,(H,16,17)/b7-6+/t12-/m1/s1. The molecule has 0 saturated heterocycles. The van der Waals surface area contributed by atoms with Gasteiger partial charge in [-0.15, -0.1) is 0 Å². The van der Waals surface area contributed by atoms with E-state index in [1.165, 1.54) is 11.8 Å². The van der Waals surface area contributed by atoms with Gasteiger partial charge in [-0.05, 0) is 44.9 Å². The van der Waals surface area contributed by atoms with Gasteiger partial charge in [0.2, 0.25) is 0 Å². The number of carbonyl (C=O) groups is 1. The highest BCUT2D eigenvalue weighted by Gasteiger charge is 2.18. The lowest BCUT2D eigenvalue weighted by Gasteiger charge is -2.23. The van der Waals surface area contributed by atoms with Crippen LogP contribution < -0.4 is 5.32 Å². The van der Waals surface area contributed by atoms with E-state index < -0.39 is 11.7 Å². The van der Waals surface area contributed by atoms with Gasteiger partial charge in [-0.25, -0.2) is 4.79 Å². The van der Waals surface area contributed by atoms with Crippen molar-refractivity contribution in [3.63, 3.8) is 0 Å². The minimum absolute atomic E-state index is 0.0610. The van der Waals surface area contributed by atoms with Crippen molar-refractivity contribution in [2.75, 3.05) is 5.75 Å². The van der Waals surface area contributed by atoms with Crippen LogP contribution in [0.15, 0.2) is 12.2 Å². The third-order valence-electron chi connectivity index (χ3n) is 2.04. The van der Waals surface area contributed by atoms with Crippen LogP contribution in [0, 0.1) is 16.6 Å². The molecule has 1 amide bonds. The zero-order chi connectivity index (χ0) is 14.9. The van der Waals surface area contributed by atoms with Crippen molar-refractivity contribution in [3.05, 3.63) is 12.2 Å². The Hall–Kier alpha value is -1.15. The molecule has 4 nitrogen and oxygen atoms in total. The molecule has 1 N–H and O–H groups in total.